The van der Waals surface area contributed by atoms with E-state index < -0.39 is 5.97 Å². The van der Waals surface area contributed by atoms with Crippen LogP contribution in [0.15, 0.2) is 18.2 Å². The number of methoxy groups -OCH3 is 1. The molecule has 2 rings (SSSR count). The minimum absolute atomic E-state index is 0.0361. The van der Waals surface area contributed by atoms with Gasteiger partial charge in [-0.05, 0) is 31.0 Å². The maximum absolute atomic E-state index is 11.3. The Labute approximate surface area is 145 Å². The molecule has 1 saturated heterocycles. The fourth-order valence-electron chi connectivity index (χ4n) is 1.79. The van der Waals surface area contributed by atoms with Gasteiger partial charge in [0.15, 0.2) is 0 Å². The molecule has 8 heteroatoms. The number of aliphatic hydroxyl groups excluding tert-OH is 1. The SMILES string of the molecule is COC(=O)CNC(=O)N1CCC1CO.Cc1ccc(Cl)cc1Cl. The van der Waals surface area contributed by atoms with Crippen molar-refractivity contribution in [3.05, 3.63) is 33.8 Å². The first kappa shape index (κ1) is 19.5. The molecule has 0 aliphatic carbocycles. The highest BCUT2D eigenvalue weighted by molar-refractivity contribution is 6.35. The van der Waals surface area contributed by atoms with Crippen molar-refractivity contribution in [3.63, 3.8) is 0 Å². The van der Waals surface area contributed by atoms with Crippen LogP contribution in [0.5, 0.6) is 0 Å². The Bertz CT molecular complexity index is 552. The van der Waals surface area contributed by atoms with E-state index in [0.29, 0.717) is 11.6 Å². The monoisotopic (exact) mass is 362 g/mol. The maximum atomic E-state index is 11.3. The van der Waals surface area contributed by atoms with Crippen LogP contribution in [0.25, 0.3) is 0 Å². The quantitative estimate of drug-likeness (QED) is 0.808. The fraction of sp³-hybridized carbons (Fsp3) is 0.467. The number of esters is 1. The van der Waals surface area contributed by atoms with Gasteiger partial charge in [0.1, 0.15) is 6.54 Å². The summed E-state index contributed by atoms with van der Waals surface area (Å²) in [6.45, 7) is 2.40. The van der Waals surface area contributed by atoms with Crippen LogP contribution in [0.1, 0.15) is 12.0 Å². The number of carbonyl (C=O) groups excluding carboxylic acids is 2. The summed E-state index contributed by atoms with van der Waals surface area (Å²) in [6.07, 6.45) is 0.808. The molecular weight excluding hydrogens is 343 g/mol. The number of aryl methyl sites for hydroxylation is 1. The molecule has 1 aliphatic rings. The Hall–Kier alpha value is -1.50. The molecule has 0 bridgehead atoms. The first-order chi connectivity index (χ1) is 10.9. The van der Waals surface area contributed by atoms with Gasteiger partial charge in [0, 0.05) is 16.6 Å². The van der Waals surface area contributed by atoms with E-state index in [4.69, 9.17) is 28.3 Å². The second-order valence-corrected chi connectivity index (χ2v) is 5.79. The zero-order valence-corrected chi connectivity index (χ0v) is 14.5. The van der Waals surface area contributed by atoms with Crippen molar-refractivity contribution in [2.24, 2.45) is 0 Å². The van der Waals surface area contributed by atoms with E-state index in [9.17, 15) is 9.59 Å². The van der Waals surface area contributed by atoms with Gasteiger partial charge in [0.2, 0.25) is 0 Å². The number of nitrogens with zero attached hydrogens (tertiary/aromatic N) is 1. The van der Waals surface area contributed by atoms with E-state index in [2.05, 4.69) is 10.1 Å². The Morgan fingerprint density at radius 2 is 2.13 bits per heavy atom. The summed E-state index contributed by atoms with van der Waals surface area (Å²) in [5.74, 6) is -0.487. The summed E-state index contributed by atoms with van der Waals surface area (Å²) >= 11 is 11.4. The average molecular weight is 363 g/mol. The van der Waals surface area contributed by atoms with Crippen LogP contribution >= 0.6 is 23.2 Å². The first-order valence-electron chi connectivity index (χ1n) is 7.02. The van der Waals surface area contributed by atoms with E-state index in [0.717, 1.165) is 17.0 Å². The third kappa shape index (κ3) is 6.25. The second kappa shape index (κ2) is 9.60. The van der Waals surface area contributed by atoms with Crippen molar-refractivity contribution in [2.45, 2.75) is 19.4 Å². The van der Waals surface area contributed by atoms with Crippen LogP contribution in [-0.4, -0.2) is 54.9 Å². The number of hydrogen-bond donors (Lipinski definition) is 2. The topological polar surface area (TPSA) is 78.9 Å². The minimum atomic E-state index is -0.487. The molecule has 1 unspecified atom stereocenters. The summed E-state index contributed by atoms with van der Waals surface area (Å²) < 4.78 is 4.36. The highest BCUT2D eigenvalue weighted by atomic mass is 35.5. The van der Waals surface area contributed by atoms with Crippen molar-refractivity contribution in [1.29, 1.82) is 0 Å². The van der Waals surface area contributed by atoms with E-state index in [1.54, 1.807) is 6.07 Å². The Kier molecular flexibility index (Phi) is 8.16. The Morgan fingerprint density at radius 1 is 1.43 bits per heavy atom. The molecule has 1 heterocycles. The molecule has 0 spiro atoms. The van der Waals surface area contributed by atoms with Gasteiger partial charge in [-0.2, -0.15) is 0 Å². The summed E-state index contributed by atoms with van der Waals surface area (Å²) in [4.78, 5) is 23.5. The number of likely N-dealkylation sites (tertiary alicyclic amines) is 1. The molecule has 1 aromatic carbocycles. The number of hydrogen-bond acceptors (Lipinski definition) is 4. The molecule has 23 heavy (non-hydrogen) atoms. The fourth-order valence-corrected chi connectivity index (χ4v) is 2.20. The van der Waals surface area contributed by atoms with Crippen molar-refractivity contribution >= 4 is 35.2 Å². The number of nitrogens with one attached hydrogen (secondary N) is 1. The zero-order valence-electron chi connectivity index (χ0n) is 13.0. The van der Waals surface area contributed by atoms with Crippen LogP contribution in [-0.2, 0) is 9.53 Å². The predicted octanol–water partition coefficient (Wildman–Crippen LogP) is 2.24. The standard InChI is InChI=1S/C8H14N2O4.C7H6Cl2/c1-14-7(12)4-9-8(13)10-3-2-6(10)5-11;1-5-2-3-6(8)4-7(5)9/h6,11H,2-5H2,1H3,(H,9,13);2-4H,1H3. The van der Waals surface area contributed by atoms with E-state index in [1.165, 1.54) is 12.0 Å². The lowest BCUT2D eigenvalue weighted by molar-refractivity contribution is -0.139. The van der Waals surface area contributed by atoms with Gasteiger partial charge in [-0.15, -0.1) is 0 Å². The van der Waals surface area contributed by atoms with Crippen LogP contribution < -0.4 is 5.32 Å². The summed E-state index contributed by atoms with van der Waals surface area (Å²) in [5, 5.41) is 12.6. The molecule has 1 aromatic rings. The molecule has 128 valence electrons. The molecule has 2 amide bonds. The third-order valence-corrected chi connectivity index (χ3v) is 4.00. The molecule has 1 atom stereocenters. The lowest BCUT2D eigenvalue weighted by atomic mass is 10.1. The predicted molar refractivity (Wildman–Crippen MR) is 88.8 cm³/mol. The van der Waals surface area contributed by atoms with Crippen LogP contribution in [0.2, 0.25) is 10.0 Å². The molecule has 0 saturated carbocycles. The molecule has 1 aliphatic heterocycles. The molecule has 1 fully saturated rings. The van der Waals surface area contributed by atoms with Gasteiger partial charge in [-0.25, -0.2) is 4.79 Å². The van der Waals surface area contributed by atoms with Crippen LogP contribution in [0, 0.1) is 6.92 Å². The lowest BCUT2D eigenvalue weighted by Crippen LogP contribution is -2.56. The Morgan fingerprint density at radius 3 is 2.57 bits per heavy atom. The zero-order chi connectivity index (χ0) is 17.4. The average Bonchev–Trinajstić information content (AvgIpc) is 2.49. The summed E-state index contributed by atoms with van der Waals surface area (Å²) in [5.41, 5.74) is 1.06. The highest BCUT2D eigenvalue weighted by Crippen LogP contribution is 2.19. The van der Waals surface area contributed by atoms with Crippen molar-refractivity contribution in [3.8, 4) is 0 Å². The van der Waals surface area contributed by atoms with Gasteiger partial charge in [0.25, 0.3) is 0 Å². The Balaban J connectivity index is 0.000000253. The molecule has 0 aromatic heterocycles. The van der Waals surface area contributed by atoms with Crippen LogP contribution in [0.3, 0.4) is 0 Å². The number of aliphatic hydroxyl groups is 1. The maximum Gasteiger partial charge on any atom is 0.325 e. The summed E-state index contributed by atoms with van der Waals surface area (Å²) in [7, 11) is 1.26. The molecule has 0 radical (unpaired) electrons. The van der Waals surface area contributed by atoms with Gasteiger partial charge in [-0.3, -0.25) is 4.79 Å². The number of amides is 2. The number of urea groups is 1. The van der Waals surface area contributed by atoms with Gasteiger partial charge >= 0.3 is 12.0 Å². The van der Waals surface area contributed by atoms with E-state index in [1.807, 2.05) is 19.1 Å². The molecule has 6 nitrogen and oxygen atoms in total. The number of carbonyl (C=O) groups is 2. The molecule has 2 N–H and O–H groups in total. The number of rotatable bonds is 3. The number of ether oxygens (including phenoxy) is 1. The lowest BCUT2D eigenvalue weighted by Gasteiger charge is -2.39. The minimum Gasteiger partial charge on any atom is -0.468 e. The summed E-state index contributed by atoms with van der Waals surface area (Å²) in [6, 6.07) is 5.01. The smallest absolute Gasteiger partial charge is 0.325 e. The van der Waals surface area contributed by atoms with Gasteiger partial charge in [-0.1, -0.05) is 29.3 Å². The van der Waals surface area contributed by atoms with E-state index in [-0.39, 0.29) is 25.2 Å². The van der Waals surface area contributed by atoms with Gasteiger partial charge < -0.3 is 20.1 Å². The van der Waals surface area contributed by atoms with Crippen molar-refractivity contribution in [1.82, 2.24) is 10.2 Å². The van der Waals surface area contributed by atoms with Crippen molar-refractivity contribution in [2.75, 3.05) is 26.8 Å². The normalized spacial score (nSPS) is 15.9. The van der Waals surface area contributed by atoms with E-state index >= 15 is 0 Å². The molecular formula is C15H20Cl2N2O4. The van der Waals surface area contributed by atoms with Gasteiger partial charge in [0.05, 0.1) is 19.8 Å². The second-order valence-electron chi connectivity index (χ2n) is 4.95. The number of halogens is 2. The number of benzene rings is 1. The van der Waals surface area contributed by atoms with Crippen molar-refractivity contribution < 1.29 is 19.4 Å². The van der Waals surface area contributed by atoms with Crippen LogP contribution in [0.4, 0.5) is 4.79 Å². The third-order valence-electron chi connectivity index (χ3n) is 3.36. The highest BCUT2D eigenvalue weighted by Gasteiger charge is 2.31. The first-order valence-corrected chi connectivity index (χ1v) is 7.78. The largest absolute Gasteiger partial charge is 0.468 e.